The first-order valence-corrected chi connectivity index (χ1v) is 10.2. The van der Waals surface area contributed by atoms with Crippen molar-refractivity contribution < 1.29 is 23.2 Å². The third-order valence-electron chi connectivity index (χ3n) is 3.85. The molecular weight excluding hydrogens is 392 g/mol. The van der Waals surface area contributed by atoms with Crippen molar-refractivity contribution in [2.45, 2.75) is 24.8 Å². The zero-order valence-corrected chi connectivity index (χ0v) is 16.5. The van der Waals surface area contributed by atoms with Gasteiger partial charge in [-0.1, -0.05) is 13.8 Å². The number of carbonyl (C=O) groups is 2. The first kappa shape index (κ1) is 21.0. The summed E-state index contributed by atoms with van der Waals surface area (Å²) in [6.45, 7) is 3.34. The van der Waals surface area contributed by atoms with Crippen molar-refractivity contribution in [2.24, 2.45) is 5.92 Å². The van der Waals surface area contributed by atoms with E-state index < -0.39 is 22.0 Å². The molecule has 0 saturated carbocycles. The molecule has 9 nitrogen and oxygen atoms in total. The summed E-state index contributed by atoms with van der Waals surface area (Å²) in [6, 6.07) is 4.50. The minimum atomic E-state index is -3.99. The number of benzene rings is 1. The number of hydrogen-bond donors (Lipinski definition) is 3. The van der Waals surface area contributed by atoms with Gasteiger partial charge in [-0.05, 0) is 30.2 Å². The normalized spacial score (nSPS) is 12.8. The van der Waals surface area contributed by atoms with Crippen LogP contribution < -0.4 is 10.8 Å². The quantitative estimate of drug-likeness (QED) is 0.467. The van der Waals surface area contributed by atoms with Crippen LogP contribution in [0.1, 0.15) is 23.5 Å². The fourth-order valence-electron chi connectivity index (χ4n) is 2.50. The number of carbonyl (C=O) groups excluding carboxylic acids is 2. The zero-order valence-electron chi connectivity index (χ0n) is 14.9. The van der Waals surface area contributed by atoms with Gasteiger partial charge in [-0.3, -0.25) is 19.8 Å². The van der Waals surface area contributed by atoms with E-state index in [0.29, 0.717) is 10.6 Å². The van der Waals surface area contributed by atoms with Crippen LogP contribution >= 0.6 is 11.3 Å². The molecule has 2 aromatic rings. The van der Waals surface area contributed by atoms with Gasteiger partial charge < -0.3 is 5.32 Å². The third-order valence-corrected chi connectivity index (χ3v) is 6.47. The number of nitrogens with zero attached hydrogens (tertiary/aromatic N) is 2. The fraction of sp³-hybridized carbons (Fsp3) is 0.312. The lowest BCUT2D eigenvalue weighted by Gasteiger charge is -2.28. The Hall–Kier alpha value is -2.34. The van der Waals surface area contributed by atoms with Gasteiger partial charge in [-0.2, -0.15) is 4.31 Å². The molecule has 1 heterocycles. The van der Waals surface area contributed by atoms with Gasteiger partial charge in [0.25, 0.3) is 11.8 Å². The SMILES string of the molecule is CC(C)C(C(=O)NO)N(C)S(=O)(=O)c1ccc(NC(=O)c2cncs2)cc1. The fourth-order valence-corrected chi connectivity index (χ4v) is 4.47. The molecule has 11 heteroatoms. The second-order valence-electron chi connectivity index (χ2n) is 6.03. The molecule has 1 unspecified atom stereocenters. The molecule has 146 valence electrons. The van der Waals surface area contributed by atoms with E-state index in [1.54, 1.807) is 13.8 Å². The van der Waals surface area contributed by atoms with E-state index in [9.17, 15) is 18.0 Å². The molecule has 27 heavy (non-hydrogen) atoms. The van der Waals surface area contributed by atoms with Crippen molar-refractivity contribution >= 4 is 38.9 Å². The predicted molar refractivity (Wildman–Crippen MR) is 100 cm³/mol. The highest BCUT2D eigenvalue weighted by molar-refractivity contribution is 7.89. The minimum absolute atomic E-state index is 0.0443. The van der Waals surface area contributed by atoms with E-state index in [0.717, 1.165) is 4.31 Å². The Labute approximate surface area is 161 Å². The van der Waals surface area contributed by atoms with E-state index in [1.165, 1.54) is 59.8 Å². The summed E-state index contributed by atoms with van der Waals surface area (Å²) in [5, 5.41) is 11.5. The van der Waals surface area contributed by atoms with Crippen LogP contribution in [0.5, 0.6) is 0 Å². The van der Waals surface area contributed by atoms with Gasteiger partial charge in [0, 0.05) is 12.7 Å². The molecule has 1 atom stereocenters. The van der Waals surface area contributed by atoms with E-state index >= 15 is 0 Å². The molecule has 3 N–H and O–H groups in total. The number of thiazole rings is 1. The number of amides is 2. The summed E-state index contributed by atoms with van der Waals surface area (Å²) < 4.78 is 26.5. The smallest absolute Gasteiger partial charge is 0.267 e. The van der Waals surface area contributed by atoms with Gasteiger partial charge in [0.15, 0.2) is 0 Å². The number of hydroxylamine groups is 1. The predicted octanol–water partition coefficient (Wildman–Crippen LogP) is 1.55. The number of anilines is 1. The van der Waals surface area contributed by atoms with E-state index in [2.05, 4.69) is 10.3 Å². The van der Waals surface area contributed by atoms with Crippen molar-refractivity contribution in [1.29, 1.82) is 0 Å². The van der Waals surface area contributed by atoms with Crippen LogP contribution in [0.15, 0.2) is 40.9 Å². The Morgan fingerprint density at radius 3 is 2.33 bits per heavy atom. The number of aromatic nitrogens is 1. The largest absolute Gasteiger partial charge is 0.321 e. The van der Waals surface area contributed by atoms with Crippen molar-refractivity contribution in [3.05, 3.63) is 40.8 Å². The molecule has 0 aliphatic carbocycles. The summed E-state index contributed by atoms with van der Waals surface area (Å²) in [5.74, 6) is -1.52. The highest BCUT2D eigenvalue weighted by Crippen LogP contribution is 2.22. The van der Waals surface area contributed by atoms with Crippen molar-refractivity contribution in [3.63, 3.8) is 0 Å². The monoisotopic (exact) mass is 412 g/mol. The lowest BCUT2D eigenvalue weighted by atomic mass is 10.0. The first-order valence-electron chi connectivity index (χ1n) is 7.90. The van der Waals surface area contributed by atoms with Crippen molar-refractivity contribution in [2.75, 3.05) is 12.4 Å². The highest BCUT2D eigenvalue weighted by Gasteiger charge is 2.34. The Bertz CT molecular complexity index is 895. The number of sulfonamides is 1. The molecule has 0 radical (unpaired) electrons. The van der Waals surface area contributed by atoms with Gasteiger partial charge in [0.1, 0.15) is 10.9 Å². The van der Waals surface area contributed by atoms with Gasteiger partial charge in [0.05, 0.1) is 16.6 Å². The molecule has 2 amide bonds. The maximum atomic E-state index is 12.8. The molecular formula is C16H20N4O5S2. The van der Waals surface area contributed by atoms with Gasteiger partial charge in [-0.25, -0.2) is 13.9 Å². The van der Waals surface area contributed by atoms with Gasteiger partial charge >= 0.3 is 0 Å². The number of rotatable bonds is 7. The molecule has 0 fully saturated rings. The van der Waals surface area contributed by atoms with E-state index in [-0.39, 0.29) is 16.7 Å². The lowest BCUT2D eigenvalue weighted by Crippen LogP contribution is -2.49. The zero-order chi connectivity index (χ0) is 20.2. The van der Waals surface area contributed by atoms with Crippen LogP contribution in [-0.4, -0.2) is 47.8 Å². The summed E-state index contributed by atoms with van der Waals surface area (Å²) in [4.78, 5) is 28.1. The molecule has 1 aromatic heterocycles. The van der Waals surface area contributed by atoms with Gasteiger partial charge in [-0.15, -0.1) is 11.3 Å². The summed E-state index contributed by atoms with van der Waals surface area (Å²) >= 11 is 1.19. The lowest BCUT2D eigenvalue weighted by molar-refractivity contribution is -0.134. The molecule has 0 aliphatic heterocycles. The van der Waals surface area contributed by atoms with Crippen LogP contribution in [0.25, 0.3) is 0 Å². The first-order chi connectivity index (χ1) is 12.7. The average molecular weight is 412 g/mol. The minimum Gasteiger partial charge on any atom is -0.321 e. The summed E-state index contributed by atoms with van der Waals surface area (Å²) in [7, 11) is -2.71. The van der Waals surface area contributed by atoms with Crippen LogP contribution in [0.2, 0.25) is 0 Å². The van der Waals surface area contributed by atoms with Crippen molar-refractivity contribution in [3.8, 4) is 0 Å². The Balaban J connectivity index is 2.21. The van der Waals surface area contributed by atoms with Crippen molar-refractivity contribution in [1.82, 2.24) is 14.8 Å². The van der Waals surface area contributed by atoms with E-state index in [1.807, 2.05) is 0 Å². The summed E-state index contributed by atoms with van der Waals surface area (Å²) in [6.07, 6.45) is 1.44. The second kappa shape index (κ2) is 8.57. The molecule has 1 aromatic carbocycles. The summed E-state index contributed by atoms with van der Waals surface area (Å²) in [5.41, 5.74) is 3.45. The number of hydrogen-bond acceptors (Lipinski definition) is 7. The third kappa shape index (κ3) is 4.69. The van der Waals surface area contributed by atoms with E-state index in [4.69, 9.17) is 5.21 Å². The van der Waals surface area contributed by atoms with Crippen LogP contribution in [0.3, 0.4) is 0 Å². The Morgan fingerprint density at radius 1 is 1.22 bits per heavy atom. The average Bonchev–Trinajstić information content (AvgIpc) is 3.16. The molecule has 0 saturated heterocycles. The Morgan fingerprint density at radius 2 is 1.85 bits per heavy atom. The number of nitrogens with one attached hydrogen (secondary N) is 2. The highest BCUT2D eigenvalue weighted by atomic mass is 32.2. The Kier molecular flexibility index (Phi) is 6.65. The van der Waals surface area contributed by atoms with Crippen LogP contribution in [0, 0.1) is 5.92 Å². The number of likely N-dealkylation sites (N-methyl/N-ethyl adjacent to an activating group) is 1. The topological polar surface area (TPSA) is 129 Å². The maximum Gasteiger partial charge on any atom is 0.267 e. The maximum absolute atomic E-state index is 12.8. The molecule has 0 spiro atoms. The van der Waals surface area contributed by atoms with Gasteiger partial charge in [0.2, 0.25) is 10.0 Å². The molecule has 0 bridgehead atoms. The molecule has 2 rings (SSSR count). The van der Waals surface area contributed by atoms with Crippen LogP contribution in [0.4, 0.5) is 5.69 Å². The molecule has 0 aliphatic rings. The second-order valence-corrected chi connectivity index (χ2v) is 8.91. The van der Waals surface area contributed by atoms with Crippen LogP contribution in [-0.2, 0) is 14.8 Å². The standard InChI is InChI=1S/C16H20N4O5S2/c1-10(2)14(16(22)19-23)20(3)27(24,25)12-6-4-11(5-7-12)18-15(21)13-8-17-9-26-13/h4-10,14,23H,1-3H3,(H,18,21)(H,19,22).